The van der Waals surface area contributed by atoms with E-state index in [2.05, 4.69) is 5.32 Å². The summed E-state index contributed by atoms with van der Waals surface area (Å²) in [6.07, 6.45) is 0.912. The van der Waals surface area contributed by atoms with Crippen LogP contribution in [0, 0.1) is 5.82 Å². The molecule has 0 aromatic heterocycles. The van der Waals surface area contributed by atoms with Gasteiger partial charge in [-0.2, -0.15) is 0 Å². The lowest BCUT2D eigenvalue weighted by molar-refractivity contribution is -0.116. The molecular formula is C21H18FNO2. The van der Waals surface area contributed by atoms with E-state index in [0.29, 0.717) is 24.3 Å². The molecule has 0 bridgehead atoms. The Morgan fingerprint density at radius 2 is 1.48 bits per heavy atom. The zero-order valence-corrected chi connectivity index (χ0v) is 13.6. The molecule has 1 amide bonds. The maximum absolute atomic E-state index is 12.9. The minimum Gasteiger partial charge on any atom is -0.457 e. The van der Waals surface area contributed by atoms with Gasteiger partial charge in [0, 0.05) is 12.1 Å². The van der Waals surface area contributed by atoms with Crippen molar-refractivity contribution in [3.63, 3.8) is 0 Å². The Hall–Kier alpha value is -3.14. The molecular weight excluding hydrogens is 317 g/mol. The maximum Gasteiger partial charge on any atom is 0.224 e. The number of aryl methyl sites for hydroxylation is 1. The van der Waals surface area contributed by atoms with Gasteiger partial charge in [0.1, 0.15) is 17.3 Å². The van der Waals surface area contributed by atoms with Crippen molar-refractivity contribution < 1.29 is 13.9 Å². The molecule has 0 heterocycles. The molecule has 25 heavy (non-hydrogen) atoms. The summed E-state index contributed by atoms with van der Waals surface area (Å²) in [7, 11) is 0. The lowest BCUT2D eigenvalue weighted by Crippen LogP contribution is -2.12. The molecule has 3 aromatic carbocycles. The number of carbonyl (C=O) groups excluding carboxylic acids is 1. The zero-order valence-electron chi connectivity index (χ0n) is 13.6. The quantitative estimate of drug-likeness (QED) is 0.673. The number of hydrogen-bond donors (Lipinski definition) is 1. The predicted octanol–water partition coefficient (Wildman–Crippen LogP) is 5.19. The Morgan fingerprint density at radius 3 is 2.16 bits per heavy atom. The monoisotopic (exact) mass is 335 g/mol. The third-order valence-corrected chi connectivity index (χ3v) is 3.67. The van der Waals surface area contributed by atoms with Gasteiger partial charge in [-0.1, -0.05) is 30.3 Å². The first kappa shape index (κ1) is 16.7. The fraction of sp³-hybridized carbons (Fsp3) is 0.0952. The number of benzene rings is 3. The van der Waals surface area contributed by atoms with Gasteiger partial charge >= 0.3 is 0 Å². The summed E-state index contributed by atoms with van der Waals surface area (Å²) in [5.41, 5.74) is 1.65. The standard InChI is InChI=1S/C21H18FNO2/c22-17-9-6-16(7-10-17)8-15-21(24)23-18-11-13-20(14-12-18)25-19-4-2-1-3-5-19/h1-7,9-14H,8,15H2,(H,23,24). The van der Waals surface area contributed by atoms with Crippen molar-refractivity contribution >= 4 is 11.6 Å². The first-order chi connectivity index (χ1) is 12.2. The molecule has 0 atom stereocenters. The molecule has 0 aliphatic rings. The predicted molar refractivity (Wildman–Crippen MR) is 96.3 cm³/mol. The number of ether oxygens (including phenoxy) is 1. The normalized spacial score (nSPS) is 10.3. The largest absolute Gasteiger partial charge is 0.457 e. The van der Waals surface area contributed by atoms with Crippen LogP contribution >= 0.6 is 0 Å². The molecule has 0 fully saturated rings. The first-order valence-corrected chi connectivity index (χ1v) is 8.06. The van der Waals surface area contributed by atoms with Crippen LogP contribution in [0.25, 0.3) is 0 Å². The van der Waals surface area contributed by atoms with Gasteiger partial charge in [0.2, 0.25) is 5.91 Å². The van der Waals surface area contributed by atoms with Crippen LogP contribution in [0.4, 0.5) is 10.1 Å². The minimum absolute atomic E-state index is 0.0824. The lowest BCUT2D eigenvalue weighted by Gasteiger charge is -2.08. The molecule has 0 aliphatic heterocycles. The van der Waals surface area contributed by atoms with Gasteiger partial charge in [-0.15, -0.1) is 0 Å². The Bertz CT molecular complexity index is 815. The topological polar surface area (TPSA) is 38.3 Å². The fourth-order valence-electron chi connectivity index (χ4n) is 2.36. The van der Waals surface area contributed by atoms with Crippen molar-refractivity contribution in [2.75, 3.05) is 5.32 Å². The van der Waals surface area contributed by atoms with Crippen LogP contribution < -0.4 is 10.1 Å². The van der Waals surface area contributed by atoms with Crippen LogP contribution in [0.3, 0.4) is 0 Å². The number of amides is 1. The van der Waals surface area contributed by atoms with E-state index in [0.717, 1.165) is 11.3 Å². The summed E-state index contributed by atoms with van der Waals surface area (Å²) in [6.45, 7) is 0. The molecule has 0 saturated carbocycles. The van der Waals surface area contributed by atoms with Gasteiger partial charge in [-0.3, -0.25) is 4.79 Å². The van der Waals surface area contributed by atoms with E-state index in [1.807, 2.05) is 42.5 Å². The third kappa shape index (κ3) is 5.18. The van der Waals surface area contributed by atoms with Crippen LogP contribution in [0.15, 0.2) is 78.9 Å². The summed E-state index contributed by atoms with van der Waals surface area (Å²) in [5, 5.41) is 2.85. The number of halogens is 1. The number of nitrogens with one attached hydrogen (secondary N) is 1. The van der Waals surface area contributed by atoms with Crippen molar-refractivity contribution in [3.05, 3.63) is 90.2 Å². The number of carbonyl (C=O) groups is 1. The second kappa shape index (κ2) is 8.11. The average Bonchev–Trinajstić information content (AvgIpc) is 2.64. The van der Waals surface area contributed by atoms with E-state index in [4.69, 9.17) is 4.74 Å². The van der Waals surface area contributed by atoms with Crippen LogP contribution in [0.2, 0.25) is 0 Å². The molecule has 4 heteroatoms. The summed E-state index contributed by atoms with van der Waals surface area (Å²) < 4.78 is 18.6. The van der Waals surface area contributed by atoms with E-state index in [1.54, 1.807) is 24.3 Å². The first-order valence-electron chi connectivity index (χ1n) is 8.06. The van der Waals surface area contributed by atoms with Crippen LogP contribution in [0.5, 0.6) is 11.5 Å². The molecule has 3 nitrogen and oxygen atoms in total. The summed E-state index contributed by atoms with van der Waals surface area (Å²) in [4.78, 5) is 12.0. The highest BCUT2D eigenvalue weighted by Crippen LogP contribution is 2.22. The van der Waals surface area contributed by atoms with Gasteiger partial charge in [0.25, 0.3) is 0 Å². The number of anilines is 1. The molecule has 0 aliphatic carbocycles. The molecule has 0 radical (unpaired) electrons. The summed E-state index contributed by atoms with van der Waals surface area (Å²) >= 11 is 0. The molecule has 0 spiro atoms. The van der Waals surface area contributed by atoms with Gasteiger partial charge in [0.05, 0.1) is 0 Å². The van der Waals surface area contributed by atoms with Gasteiger partial charge < -0.3 is 10.1 Å². The molecule has 3 rings (SSSR count). The van der Waals surface area contributed by atoms with Gasteiger partial charge in [0.15, 0.2) is 0 Å². The Kier molecular flexibility index (Phi) is 5.42. The van der Waals surface area contributed by atoms with E-state index >= 15 is 0 Å². The summed E-state index contributed by atoms with van der Waals surface area (Å²) in [6, 6.07) is 22.9. The van der Waals surface area contributed by atoms with Crippen molar-refractivity contribution in [2.24, 2.45) is 0 Å². The van der Waals surface area contributed by atoms with E-state index in [1.165, 1.54) is 12.1 Å². The third-order valence-electron chi connectivity index (χ3n) is 3.67. The lowest BCUT2D eigenvalue weighted by atomic mass is 10.1. The number of rotatable bonds is 6. The van der Waals surface area contributed by atoms with E-state index in [-0.39, 0.29) is 11.7 Å². The zero-order chi connectivity index (χ0) is 17.5. The highest BCUT2D eigenvalue weighted by atomic mass is 19.1. The molecule has 126 valence electrons. The molecule has 3 aromatic rings. The second-order valence-electron chi connectivity index (χ2n) is 5.61. The van der Waals surface area contributed by atoms with Crippen molar-refractivity contribution in [3.8, 4) is 11.5 Å². The van der Waals surface area contributed by atoms with E-state index in [9.17, 15) is 9.18 Å². The fourth-order valence-corrected chi connectivity index (χ4v) is 2.36. The van der Waals surface area contributed by atoms with Gasteiger partial charge in [-0.05, 0) is 60.5 Å². The maximum atomic E-state index is 12.9. The number of para-hydroxylation sites is 1. The smallest absolute Gasteiger partial charge is 0.224 e. The van der Waals surface area contributed by atoms with Crippen LogP contribution in [-0.4, -0.2) is 5.91 Å². The number of hydrogen-bond acceptors (Lipinski definition) is 2. The van der Waals surface area contributed by atoms with Crippen molar-refractivity contribution in [1.29, 1.82) is 0 Å². The van der Waals surface area contributed by atoms with Crippen molar-refractivity contribution in [1.82, 2.24) is 0 Å². The van der Waals surface area contributed by atoms with Crippen LogP contribution in [-0.2, 0) is 11.2 Å². The highest BCUT2D eigenvalue weighted by molar-refractivity contribution is 5.90. The Balaban J connectivity index is 1.50. The average molecular weight is 335 g/mol. The minimum atomic E-state index is -0.272. The van der Waals surface area contributed by atoms with Crippen molar-refractivity contribution in [2.45, 2.75) is 12.8 Å². The SMILES string of the molecule is O=C(CCc1ccc(F)cc1)Nc1ccc(Oc2ccccc2)cc1. The Labute approximate surface area is 146 Å². The molecule has 0 saturated heterocycles. The van der Waals surface area contributed by atoms with Gasteiger partial charge in [-0.25, -0.2) is 4.39 Å². The van der Waals surface area contributed by atoms with E-state index < -0.39 is 0 Å². The molecule has 1 N–H and O–H groups in total. The Morgan fingerprint density at radius 1 is 0.840 bits per heavy atom. The highest BCUT2D eigenvalue weighted by Gasteiger charge is 2.04. The summed E-state index contributed by atoms with van der Waals surface area (Å²) in [5.74, 6) is 1.11. The second-order valence-corrected chi connectivity index (χ2v) is 5.61. The van der Waals surface area contributed by atoms with Crippen LogP contribution in [0.1, 0.15) is 12.0 Å². The molecule has 0 unspecified atom stereocenters.